The molecule has 7 nitrogen and oxygen atoms in total. The monoisotopic (exact) mass is 377 g/mol. The summed E-state index contributed by atoms with van der Waals surface area (Å²) in [7, 11) is 1.62. The second-order valence-electron chi connectivity index (χ2n) is 6.45. The van der Waals surface area contributed by atoms with Crippen LogP contribution < -0.4 is 9.47 Å². The van der Waals surface area contributed by atoms with E-state index in [1.54, 1.807) is 31.4 Å². The fourth-order valence-electron chi connectivity index (χ4n) is 2.99. The van der Waals surface area contributed by atoms with Crippen molar-refractivity contribution in [2.24, 2.45) is 4.99 Å². The van der Waals surface area contributed by atoms with Crippen LogP contribution in [-0.4, -0.2) is 43.7 Å². The lowest BCUT2D eigenvalue weighted by atomic mass is 10.0. The number of rotatable bonds is 7. The number of esters is 2. The molecule has 0 radical (unpaired) electrons. The fraction of sp³-hybridized carbons (Fsp3) is 0.550. The summed E-state index contributed by atoms with van der Waals surface area (Å²) in [5, 5.41) is 0. The van der Waals surface area contributed by atoms with E-state index in [1.807, 2.05) is 0 Å². The number of hydrogen-bond acceptors (Lipinski definition) is 7. The first-order chi connectivity index (χ1) is 13.0. The minimum absolute atomic E-state index is 0.0131. The zero-order valence-electron chi connectivity index (χ0n) is 16.1. The van der Waals surface area contributed by atoms with Gasteiger partial charge in [-0.3, -0.25) is 14.6 Å². The van der Waals surface area contributed by atoms with Crippen molar-refractivity contribution in [1.82, 2.24) is 0 Å². The van der Waals surface area contributed by atoms with Gasteiger partial charge in [-0.05, 0) is 25.0 Å². The van der Waals surface area contributed by atoms with E-state index in [2.05, 4.69) is 4.99 Å². The van der Waals surface area contributed by atoms with Crippen LogP contribution in [0, 0.1) is 0 Å². The molecule has 1 aromatic carbocycles. The Labute approximate surface area is 159 Å². The number of carbonyl (C=O) groups is 2. The Morgan fingerprint density at radius 1 is 1.15 bits per heavy atom. The highest BCUT2D eigenvalue weighted by Crippen LogP contribution is 2.27. The molecule has 0 fully saturated rings. The van der Waals surface area contributed by atoms with Crippen molar-refractivity contribution in [3.63, 3.8) is 0 Å². The van der Waals surface area contributed by atoms with Gasteiger partial charge >= 0.3 is 11.9 Å². The maximum absolute atomic E-state index is 11.5. The normalized spacial score (nSPS) is 17.9. The highest BCUT2D eigenvalue weighted by atomic mass is 16.6. The minimum Gasteiger partial charge on any atom is -0.486 e. The maximum atomic E-state index is 11.5. The molecular weight excluding hydrogens is 350 g/mol. The Morgan fingerprint density at radius 2 is 1.89 bits per heavy atom. The van der Waals surface area contributed by atoms with E-state index in [1.165, 1.54) is 13.8 Å². The predicted molar refractivity (Wildman–Crippen MR) is 100 cm³/mol. The average molecular weight is 377 g/mol. The first kappa shape index (κ1) is 20.7. The van der Waals surface area contributed by atoms with Crippen LogP contribution in [0.15, 0.2) is 29.3 Å². The van der Waals surface area contributed by atoms with Gasteiger partial charge in [0, 0.05) is 26.7 Å². The molecule has 0 saturated heterocycles. The summed E-state index contributed by atoms with van der Waals surface area (Å²) in [5.74, 6) is 0.691. The second-order valence-corrected chi connectivity index (χ2v) is 6.45. The Hall–Kier alpha value is -2.57. The van der Waals surface area contributed by atoms with Crippen molar-refractivity contribution in [1.29, 1.82) is 0 Å². The van der Waals surface area contributed by atoms with Crippen LogP contribution in [0.1, 0.15) is 46.0 Å². The van der Waals surface area contributed by atoms with Gasteiger partial charge in [-0.25, -0.2) is 0 Å². The number of hydrogen-bond donors (Lipinski definition) is 0. The quantitative estimate of drug-likeness (QED) is 0.535. The second kappa shape index (κ2) is 10.5. The summed E-state index contributed by atoms with van der Waals surface area (Å²) in [6.07, 6.45) is 3.91. The molecule has 2 atom stereocenters. The third kappa shape index (κ3) is 7.29. The van der Waals surface area contributed by atoms with Crippen molar-refractivity contribution in [3.8, 4) is 11.5 Å². The third-order valence-corrected chi connectivity index (χ3v) is 4.14. The zero-order valence-corrected chi connectivity index (χ0v) is 16.1. The maximum Gasteiger partial charge on any atom is 0.308 e. The molecule has 148 valence electrons. The van der Waals surface area contributed by atoms with Gasteiger partial charge in [-0.15, -0.1) is 0 Å². The number of carbonyl (C=O) groups excluding carboxylic acids is 2. The highest BCUT2D eigenvalue weighted by molar-refractivity contribution is 5.76. The van der Waals surface area contributed by atoms with E-state index in [4.69, 9.17) is 18.9 Å². The van der Waals surface area contributed by atoms with Gasteiger partial charge in [0.15, 0.2) is 17.4 Å². The largest absolute Gasteiger partial charge is 0.486 e. The Kier molecular flexibility index (Phi) is 8.10. The molecule has 0 spiro atoms. The number of benzene rings is 1. The lowest BCUT2D eigenvalue weighted by molar-refractivity contribution is -0.148. The van der Waals surface area contributed by atoms with Gasteiger partial charge in [0.25, 0.3) is 0 Å². The summed E-state index contributed by atoms with van der Waals surface area (Å²) < 4.78 is 21.7. The molecule has 27 heavy (non-hydrogen) atoms. The van der Waals surface area contributed by atoms with Crippen molar-refractivity contribution < 1.29 is 28.5 Å². The van der Waals surface area contributed by atoms with Crippen molar-refractivity contribution in [3.05, 3.63) is 24.3 Å². The Morgan fingerprint density at radius 3 is 2.56 bits per heavy atom. The summed E-state index contributed by atoms with van der Waals surface area (Å²) in [6, 6.07) is 6.90. The number of aliphatic imine (C=N–C) groups is 1. The zero-order chi connectivity index (χ0) is 19.6. The standard InChI is InChI=1S/C20H27NO6/c1-14(22)26-17(12-16-8-4-7-11-20(21-16)24-3)13-25-18-9-5-6-10-19(18)27-15(2)23/h5-6,9-10,16-17H,4,7-8,11-13H2,1-3H3. The number of ether oxygens (including phenoxy) is 4. The van der Waals surface area contributed by atoms with E-state index >= 15 is 0 Å². The lowest BCUT2D eigenvalue weighted by Gasteiger charge is -2.21. The average Bonchev–Trinajstić information content (AvgIpc) is 2.85. The minimum atomic E-state index is -0.460. The van der Waals surface area contributed by atoms with Crippen LogP contribution in [0.3, 0.4) is 0 Å². The number of methoxy groups -OCH3 is 1. The summed E-state index contributed by atoms with van der Waals surface area (Å²) in [5.41, 5.74) is 0. The smallest absolute Gasteiger partial charge is 0.308 e. The molecule has 2 rings (SSSR count). The Balaban J connectivity index is 2.04. The molecular formula is C20H27NO6. The fourth-order valence-corrected chi connectivity index (χ4v) is 2.99. The molecule has 0 bridgehead atoms. The Bertz CT molecular complexity index is 672. The predicted octanol–water partition coefficient (Wildman–Crippen LogP) is 3.30. The van der Waals surface area contributed by atoms with E-state index < -0.39 is 12.1 Å². The van der Waals surface area contributed by atoms with Crippen molar-refractivity contribution in [2.45, 2.75) is 58.1 Å². The SMILES string of the molecule is COC1=NC(CC(COc2ccccc2OC(C)=O)OC(C)=O)CCCC1. The summed E-state index contributed by atoms with van der Waals surface area (Å²) in [6.45, 7) is 2.85. The lowest BCUT2D eigenvalue weighted by Crippen LogP contribution is -2.28. The van der Waals surface area contributed by atoms with Crippen LogP contribution >= 0.6 is 0 Å². The van der Waals surface area contributed by atoms with Gasteiger partial charge in [-0.2, -0.15) is 0 Å². The van der Waals surface area contributed by atoms with Crippen LogP contribution in [-0.2, 0) is 19.1 Å². The van der Waals surface area contributed by atoms with Crippen molar-refractivity contribution >= 4 is 17.8 Å². The molecule has 0 aromatic heterocycles. The van der Waals surface area contributed by atoms with Crippen LogP contribution in [0.2, 0.25) is 0 Å². The summed E-state index contributed by atoms with van der Waals surface area (Å²) >= 11 is 0. The molecule has 1 aliphatic rings. The van der Waals surface area contributed by atoms with Crippen LogP contribution in [0.25, 0.3) is 0 Å². The molecule has 1 aromatic rings. The van der Waals surface area contributed by atoms with Crippen LogP contribution in [0.5, 0.6) is 11.5 Å². The summed E-state index contributed by atoms with van der Waals surface area (Å²) in [4.78, 5) is 27.4. The molecule has 1 heterocycles. The van der Waals surface area contributed by atoms with Crippen LogP contribution in [0.4, 0.5) is 0 Å². The molecule has 0 saturated carbocycles. The first-order valence-electron chi connectivity index (χ1n) is 9.16. The molecule has 7 heteroatoms. The molecule has 0 N–H and O–H groups in total. The van der Waals surface area contributed by atoms with Gasteiger partial charge in [0.1, 0.15) is 12.7 Å². The molecule has 2 unspecified atom stereocenters. The molecule has 0 amide bonds. The molecule has 1 aliphatic heterocycles. The first-order valence-corrected chi connectivity index (χ1v) is 9.16. The molecule has 0 aliphatic carbocycles. The van der Waals surface area contributed by atoms with E-state index in [9.17, 15) is 9.59 Å². The van der Waals surface area contributed by atoms with Gasteiger partial charge in [0.05, 0.1) is 13.2 Å². The van der Waals surface area contributed by atoms with Gasteiger partial charge in [0.2, 0.25) is 0 Å². The number of para-hydroxylation sites is 2. The van der Waals surface area contributed by atoms with Crippen molar-refractivity contribution in [2.75, 3.05) is 13.7 Å². The highest BCUT2D eigenvalue weighted by Gasteiger charge is 2.22. The third-order valence-electron chi connectivity index (χ3n) is 4.14. The van der Waals surface area contributed by atoms with Gasteiger partial charge < -0.3 is 18.9 Å². The van der Waals surface area contributed by atoms with Gasteiger partial charge in [-0.1, -0.05) is 18.6 Å². The topological polar surface area (TPSA) is 83.4 Å². The number of nitrogens with zero attached hydrogens (tertiary/aromatic N) is 1. The van der Waals surface area contributed by atoms with E-state index in [0.29, 0.717) is 17.9 Å². The van der Waals surface area contributed by atoms with E-state index in [-0.39, 0.29) is 18.6 Å². The van der Waals surface area contributed by atoms with E-state index in [0.717, 1.165) is 31.6 Å².